The Morgan fingerprint density at radius 1 is 1.10 bits per heavy atom. The van der Waals surface area contributed by atoms with Crippen LogP contribution in [0.2, 0.25) is 0 Å². The number of halogens is 2. The van der Waals surface area contributed by atoms with Gasteiger partial charge in [0, 0.05) is 49.1 Å². The highest BCUT2D eigenvalue weighted by atomic mass is 32.2. The van der Waals surface area contributed by atoms with E-state index in [2.05, 4.69) is 9.71 Å². The first-order valence-electron chi connectivity index (χ1n) is 14.0. The highest BCUT2D eigenvalue weighted by molar-refractivity contribution is 7.89. The monoisotopic (exact) mass is 590 g/mol. The number of rotatable bonds is 8. The van der Waals surface area contributed by atoms with Crippen LogP contribution in [0, 0.1) is 12.8 Å². The molecule has 1 heterocycles. The van der Waals surface area contributed by atoms with Crippen molar-refractivity contribution in [1.29, 1.82) is 0 Å². The van der Waals surface area contributed by atoms with Crippen molar-refractivity contribution in [3.05, 3.63) is 113 Å². The van der Waals surface area contributed by atoms with E-state index in [1.807, 2.05) is 48.9 Å². The number of fused-ring (bicyclic) bond motifs is 1. The van der Waals surface area contributed by atoms with Crippen LogP contribution in [0.4, 0.5) is 14.5 Å². The van der Waals surface area contributed by atoms with E-state index in [0.29, 0.717) is 17.9 Å². The quantitative estimate of drug-likeness (QED) is 0.274. The fourth-order valence-electron chi connectivity index (χ4n) is 5.77. The molecule has 1 N–H and O–H groups in total. The molecule has 0 unspecified atom stereocenters. The van der Waals surface area contributed by atoms with Crippen LogP contribution in [0.25, 0.3) is 0 Å². The molecular weight excluding hydrogens is 558 g/mol. The van der Waals surface area contributed by atoms with Gasteiger partial charge in [-0.1, -0.05) is 54.1 Å². The van der Waals surface area contributed by atoms with Gasteiger partial charge >= 0.3 is 0 Å². The molecular formula is C32H32F2N4O3S. The number of imidazole rings is 1. The van der Waals surface area contributed by atoms with Crippen molar-refractivity contribution in [2.24, 2.45) is 13.0 Å². The summed E-state index contributed by atoms with van der Waals surface area (Å²) in [5, 5.41) is 0. The molecule has 0 radical (unpaired) electrons. The second-order valence-electron chi connectivity index (χ2n) is 11.2. The zero-order chi connectivity index (χ0) is 29.6. The van der Waals surface area contributed by atoms with Gasteiger partial charge in [-0.15, -0.1) is 0 Å². The molecule has 0 saturated heterocycles. The number of nitrogens with zero attached hydrogens (tertiary/aromatic N) is 3. The summed E-state index contributed by atoms with van der Waals surface area (Å²) < 4.78 is 61.2. The Bertz CT molecular complexity index is 1720. The van der Waals surface area contributed by atoms with Gasteiger partial charge in [-0.2, -0.15) is 0 Å². The second kappa shape index (κ2) is 10.7. The third-order valence-corrected chi connectivity index (χ3v) is 9.80. The summed E-state index contributed by atoms with van der Waals surface area (Å²) in [6.45, 7) is 2.00. The first-order chi connectivity index (χ1) is 20.0. The molecule has 1 fully saturated rings. The van der Waals surface area contributed by atoms with Crippen molar-refractivity contribution in [2.75, 3.05) is 4.90 Å². The van der Waals surface area contributed by atoms with Gasteiger partial charge in [0.1, 0.15) is 5.82 Å². The Morgan fingerprint density at radius 3 is 2.52 bits per heavy atom. The highest BCUT2D eigenvalue weighted by Crippen LogP contribution is 2.50. The third-order valence-electron chi connectivity index (χ3n) is 8.31. The van der Waals surface area contributed by atoms with Crippen LogP contribution >= 0.6 is 0 Å². The molecule has 6 rings (SSSR count). The molecule has 3 atom stereocenters. The molecule has 0 aliphatic heterocycles. The maximum absolute atomic E-state index is 15.1. The fraction of sp³-hybridized carbons (Fsp3) is 0.312. The molecule has 3 aromatic carbocycles. The Balaban J connectivity index is 1.36. The summed E-state index contributed by atoms with van der Waals surface area (Å²) in [6.07, 6.45) is 3.55. The first kappa shape index (κ1) is 28.2. The minimum Gasteiger partial charge on any atom is -0.337 e. The Morgan fingerprint density at radius 2 is 1.83 bits per heavy atom. The topological polar surface area (TPSA) is 84.3 Å². The number of hydrogen-bond donors (Lipinski definition) is 1. The number of benzene rings is 3. The standard InChI is InChI=1S/C32H32F2N4O3S/c1-21-8-11-24(12-9-21)42(40,41)36-29-14-15-32(33,34)28-13-10-23(18-27(28)29)38(20-30-35-16-17-37(30)2)31(39)26-19-25(26)22-6-4-3-5-7-22/h3-13,16-18,25-26,29,36H,14-15,19-20H2,1-2H3/t25-,26+,29+/m0/s1. The summed E-state index contributed by atoms with van der Waals surface area (Å²) in [4.78, 5) is 20.0. The summed E-state index contributed by atoms with van der Waals surface area (Å²) in [7, 11) is -2.15. The fourth-order valence-corrected chi connectivity index (χ4v) is 7.02. The zero-order valence-corrected chi connectivity index (χ0v) is 24.2. The maximum Gasteiger partial charge on any atom is 0.273 e. The molecule has 1 saturated carbocycles. The molecule has 42 heavy (non-hydrogen) atoms. The third kappa shape index (κ3) is 5.48. The van der Waals surface area contributed by atoms with E-state index >= 15 is 8.78 Å². The van der Waals surface area contributed by atoms with Gasteiger partial charge in [-0.05, 0) is 61.1 Å². The molecule has 7 nitrogen and oxygen atoms in total. The minimum absolute atomic E-state index is 0.0652. The summed E-state index contributed by atoms with van der Waals surface area (Å²) in [5.74, 6) is -2.77. The summed E-state index contributed by atoms with van der Waals surface area (Å²) in [6, 6.07) is 19.7. The van der Waals surface area contributed by atoms with Crippen LogP contribution < -0.4 is 9.62 Å². The second-order valence-corrected chi connectivity index (χ2v) is 13.0. The van der Waals surface area contributed by atoms with Crippen LogP contribution in [0.3, 0.4) is 0 Å². The lowest BCUT2D eigenvalue weighted by Gasteiger charge is -2.33. The number of sulfonamides is 1. The number of anilines is 1. The van der Waals surface area contributed by atoms with Crippen LogP contribution in [-0.2, 0) is 34.3 Å². The van der Waals surface area contributed by atoms with Gasteiger partial charge < -0.3 is 9.47 Å². The molecule has 2 aliphatic rings. The van der Waals surface area contributed by atoms with Crippen LogP contribution in [-0.4, -0.2) is 23.9 Å². The molecule has 0 spiro atoms. The van der Waals surface area contributed by atoms with Crippen molar-refractivity contribution < 1.29 is 22.0 Å². The Labute approximate surface area is 244 Å². The van der Waals surface area contributed by atoms with Gasteiger partial charge in [0.15, 0.2) is 0 Å². The van der Waals surface area contributed by atoms with Gasteiger partial charge in [-0.25, -0.2) is 26.9 Å². The van der Waals surface area contributed by atoms with E-state index in [1.165, 1.54) is 24.3 Å². The average molecular weight is 591 g/mol. The predicted molar refractivity (Wildman–Crippen MR) is 155 cm³/mol. The molecule has 10 heteroatoms. The number of aromatic nitrogens is 2. The van der Waals surface area contributed by atoms with E-state index in [9.17, 15) is 13.2 Å². The number of alkyl halides is 2. The molecule has 2 aliphatic carbocycles. The lowest BCUT2D eigenvalue weighted by Crippen LogP contribution is -2.36. The number of amides is 1. The normalized spacial score (nSPS) is 21.0. The number of aryl methyl sites for hydroxylation is 2. The van der Waals surface area contributed by atoms with Crippen molar-refractivity contribution >= 4 is 21.6 Å². The van der Waals surface area contributed by atoms with E-state index in [4.69, 9.17) is 0 Å². The highest BCUT2D eigenvalue weighted by Gasteiger charge is 2.47. The lowest BCUT2D eigenvalue weighted by molar-refractivity contribution is -0.120. The smallest absolute Gasteiger partial charge is 0.273 e. The minimum atomic E-state index is -3.98. The lowest BCUT2D eigenvalue weighted by atomic mass is 9.85. The van der Waals surface area contributed by atoms with Crippen LogP contribution in [0.15, 0.2) is 90.1 Å². The van der Waals surface area contributed by atoms with Crippen molar-refractivity contribution in [1.82, 2.24) is 14.3 Å². The SMILES string of the molecule is Cc1ccc(S(=O)(=O)N[C@@H]2CCC(F)(F)c3ccc(N(Cc4nccn4C)C(=O)[C@@H]4C[C@H]4c4ccccc4)cc32)cc1. The van der Waals surface area contributed by atoms with Gasteiger partial charge in [0.25, 0.3) is 5.92 Å². The van der Waals surface area contributed by atoms with E-state index in [-0.39, 0.29) is 46.7 Å². The number of carbonyl (C=O) groups is 1. The van der Waals surface area contributed by atoms with Gasteiger partial charge in [0.05, 0.1) is 11.4 Å². The van der Waals surface area contributed by atoms with Crippen molar-refractivity contribution in [2.45, 2.75) is 55.5 Å². The van der Waals surface area contributed by atoms with Gasteiger partial charge in [0.2, 0.25) is 15.9 Å². The van der Waals surface area contributed by atoms with E-state index < -0.39 is 28.4 Å². The van der Waals surface area contributed by atoms with E-state index in [1.54, 1.807) is 35.5 Å². The predicted octanol–water partition coefficient (Wildman–Crippen LogP) is 5.97. The van der Waals surface area contributed by atoms with Crippen LogP contribution in [0.1, 0.15) is 59.3 Å². The van der Waals surface area contributed by atoms with Crippen molar-refractivity contribution in [3.8, 4) is 0 Å². The maximum atomic E-state index is 15.1. The number of carbonyl (C=O) groups excluding carboxylic acids is 1. The first-order valence-corrected chi connectivity index (χ1v) is 15.5. The van der Waals surface area contributed by atoms with E-state index in [0.717, 1.165) is 11.1 Å². The zero-order valence-electron chi connectivity index (χ0n) is 23.4. The summed E-state index contributed by atoms with van der Waals surface area (Å²) in [5.41, 5.74) is 2.37. The van der Waals surface area contributed by atoms with Crippen molar-refractivity contribution in [3.63, 3.8) is 0 Å². The summed E-state index contributed by atoms with van der Waals surface area (Å²) >= 11 is 0. The molecule has 1 aromatic heterocycles. The molecule has 0 bridgehead atoms. The van der Waals surface area contributed by atoms with Crippen LogP contribution in [0.5, 0.6) is 0 Å². The number of nitrogens with one attached hydrogen (secondary N) is 1. The largest absolute Gasteiger partial charge is 0.337 e. The molecule has 4 aromatic rings. The van der Waals surface area contributed by atoms with Gasteiger partial charge in [-0.3, -0.25) is 4.79 Å². The molecule has 1 amide bonds. The number of hydrogen-bond acceptors (Lipinski definition) is 4. The Hall–Kier alpha value is -3.89. The average Bonchev–Trinajstić information content (AvgIpc) is 3.68. The Kier molecular flexibility index (Phi) is 7.22. The molecule has 218 valence electrons.